The van der Waals surface area contributed by atoms with Crippen molar-refractivity contribution < 1.29 is 0 Å². The summed E-state index contributed by atoms with van der Waals surface area (Å²) in [5.74, 6) is 2.88. The van der Waals surface area contributed by atoms with Crippen molar-refractivity contribution in [2.75, 3.05) is 5.75 Å². The number of hydrogen-bond donors (Lipinski definition) is 1. The van der Waals surface area contributed by atoms with Crippen LogP contribution in [0.15, 0.2) is 11.1 Å². The molecule has 0 radical (unpaired) electrons. The molecule has 2 aliphatic rings. The lowest BCUT2D eigenvalue weighted by Crippen LogP contribution is -2.40. The van der Waals surface area contributed by atoms with Crippen molar-refractivity contribution in [1.82, 2.24) is 0 Å². The lowest BCUT2D eigenvalue weighted by Gasteiger charge is -2.50. The summed E-state index contributed by atoms with van der Waals surface area (Å²) < 4.78 is 0. The van der Waals surface area contributed by atoms with Crippen LogP contribution in [0.2, 0.25) is 0 Å². The molecule has 0 spiro atoms. The van der Waals surface area contributed by atoms with Crippen molar-refractivity contribution in [3.05, 3.63) is 11.1 Å². The predicted octanol–water partition coefficient (Wildman–Crippen LogP) is 4.86. The third kappa shape index (κ3) is 2.20. The van der Waals surface area contributed by atoms with E-state index >= 15 is 0 Å². The predicted molar refractivity (Wildman–Crippen MR) is 75.0 cm³/mol. The SMILES string of the molecule is CC(C)=C1CC[C@@]2(C)CCCC(CS)[C@@H]2C1. The molecule has 0 saturated heterocycles. The Balaban J connectivity index is 2.20. The number of fused-ring (bicyclic) bond motifs is 1. The Hall–Kier alpha value is 0.0900. The standard InChI is InChI=1S/C15H26S/c1-11(2)12-6-8-15(3)7-4-5-13(10-16)14(15)9-12/h13-14,16H,4-10H2,1-3H3/t13?,14-,15+/m0/s1. The molecule has 0 aromatic heterocycles. The second kappa shape index (κ2) is 4.76. The molecule has 16 heavy (non-hydrogen) atoms. The van der Waals surface area contributed by atoms with E-state index in [-0.39, 0.29) is 0 Å². The number of thiol groups is 1. The average Bonchev–Trinajstić information content (AvgIpc) is 2.26. The van der Waals surface area contributed by atoms with Crippen LogP contribution >= 0.6 is 12.6 Å². The van der Waals surface area contributed by atoms with Gasteiger partial charge in [-0.2, -0.15) is 12.6 Å². The van der Waals surface area contributed by atoms with Gasteiger partial charge in [0.1, 0.15) is 0 Å². The molecule has 3 atom stereocenters. The first kappa shape index (κ1) is 12.5. The minimum atomic E-state index is 0.630. The third-order valence-electron chi connectivity index (χ3n) is 5.19. The van der Waals surface area contributed by atoms with E-state index in [1.165, 1.54) is 38.5 Å². The molecule has 2 saturated carbocycles. The van der Waals surface area contributed by atoms with E-state index in [1.807, 2.05) is 0 Å². The van der Waals surface area contributed by atoms with Gasteiger partial charge >= 0.3 is 0 Å². The second-order valence-corrected chi connectivity index (χ2v) is 6.77. The van der Waals surface area contributed by atoms with E-state index in [2.05, 4.69) is 33.4 Å². The fraction of sp³-hybridized carbons (Fsp3) is 0.867. The maximum absolute atomic E-state index is 4.58. The van der Waals surface area contributed by atoms with Gasteiger partial charge < -0.3 is 0 Å². The van der Waals surface area contributed by atoms with Crippen LogP contribution in [0, 0.1) is 17.3 Å². The molecule has 0 amide bonds. The molecule has 0 heterocycles. The summed E-state index contributed by atoms with van der Waals surface area (Å²) in [5, 5.41) is 0. The van der Waals surface area contributed by atoms with Gasteiger partial charge in [0.15, 0.2) is 0 Å². The van der Waals surface area contributed by atoms with Gasteiger partial charge in [-0.1, -0.05) is 24.5 Å². The van der Waals surface area contributed by atoms with Gasteiger partial charge in [-0.05, 0) is 69.0 Å². The first-order valence-electron chi connectivity index (χ1n) is 6.83. The van der Waals surface area contributed by atoms with Crippen LogP contribution in [-0.4, -0.2) is 5.75 Å². The Morgan fingerprint density at radius 2 is 2.12 bits per heavy atom. The molecular formula is C15H26S. The minimum Gasteiger partial charge on any atom is -0.179 e. The Morgan fingerprint density at radius 3 is 2.75 bits per heavy atom. The zero-order valence-electron chi connectivity index (χ0n) is 11.1. The summed E-state index contributed by atoms with van der Waals surface area (Å²) in [6.45, 7) is 7.11. The molecule has 2 fully saturated rings. The van der Waals surface area contributed by atoms with Gasteiger partial charge in [-0.15, -0.1) is 0 Å². The van der Waals surface area contributed by atoms with Crippen molar-refractivity contribution in [3.63, 3.8) is 0 Å². The summed E-state index contributed by atoms with van der Waals surface area (Å²) in [4.78, 5) is 0. The molecule has 0 nitrogen and oxygen atoms in total. The van der Waals surface area contributed by atoms with E-state index < -0.39 is 0 Å². The molecule has 0 aromatic carbocycles. The quantitative estimate of drug-likeness (QED) is 0.489. The molecule has 1 heteroatoms. The number of allylic oxidation sites excluding steroid dienone is 2. The first-order valence-corrected chi connectivity index (χ1v) is 7.46. The smallest absolute Gasteiger partial charge is 0.00665 e. The molecule has 0 aliphatic heterocycles. The molecule has 0 aromatic rings. The molecule has 2 aliphatic carbocycles. The molecule has 0 N–H and O–H groups in total. The van der Waals surface area contributed by atoms with Gasteiger partial charge in [0.25, 0.3) is 0 Å². The summed E-state index contributed by atoms with van der Waals surface area (Å²) >= 11 is 4.58. The maximum Gasteiger partial charge on any atom is -0.00665 e. The lowest BCUT2D eigenvalue weighted by atomic mass is 9.56. The van der Waals surface area contributed by atoms with Crippen LogP contribution in [0.5, 0.6) is 0 Å². The summed E-state index contributed by atoms with van der Waals surface area (Å²) in [7, 11) is 0. The van der Waals surface area contributed by atoms with E-state index in [4.69, 9.17) is 0 Å². The summed E-state index contributed by atoms with van der Waals surface area (Å²) in [5.41, 5.74) is 3.95. The molecule has 0 bridgehead atoms. The molecule has 1 unspecified atom stereocenters. The highest BCUT2D eigenvalue weighted by Gasteiger charge is 2.43. The lowest BCUT2D eigenvalue weighted by molar-refractivity contribution is 0.0428. The Kier molecular flexibility index (Phi) is 3.73. The monoisotopic (exact) mass is 238 g/mol. The van der Waals surface area contributed by atoms with Crippen molar-refractivity contribution in [2.24, 2.45) is 17.3 Å². The van der Waals surface area contributed by atoms with Crippen LogP contribution in [0.1, 0.15) is 59.3 Å². The van der Waals surface area contributed by atoms with Gasteiger partial charge in [0.2, 0.25) is 0 Å². The van der Waals surface area contributed by atoms with Crippen LogP contribution in [0.4, 0.5) is 0 Å². The highest BCUT2D eigenvalue weighted by Crippen LogP contribution is 2.54. The van der Waals surface area contributed by atoms with Crippen molar-refractivity contribution in [3.8, 4) is 0 Å². The molecular weight excluding hydrogens is 212 g/mol. The van der Waals surface area contributed by atoms with E-state index in [1.54, 1.807) is 11.1 Å². The normalized spacial score (nSPS) is 39.4. The third-order valence-corrected chi connectivity index (χ3v) is 5.66. The van der Waals surface area contributed by atoms with Gasteiger partial charge in [-0.25, -0.2) is 0 Å². The average molecular weight is 238 g/mol. The largest absolute Gasteiger partial charge is 0.179 e. The highest BCUT2D eigenvalue weighted by molar-refractivity contribution is 7.80. The fourth-order valence-electron chi connectivity index (χ4n) is 3.92. The topological polar surface area (TPSA) is 0 Å². The van der Waals surface area contributed by atoms with Crippen molar-refractivity contribution >= 4 is 12.6 Å². The first-order chi connectivity index (χ1) is 7.57. The van der Waals surface area contributed by atoms with E-state index in [0.717, 1.165) is 17.6 Å². The van der Waals surface area contributed by atoms with Crippen LogP contribution < -0.4 is 0 Å². The van der Waals surface area contributed by atoms with Crippen LogP contribution in [-0.2, 0) is 0 Å². The Labute approximate surface area is 106 Å². The number of hydrogen-bond acceptors (Lipinski definition) is 1. The maximum atomic E-state index is 4.58. The summed E-state index contributed by atoms with van der Waals surface area (Å²) in [6.07, 6.45) is 8.45. The second-order valence-electron chi connectivity index (χ2n) is 6.40. The Morgan fingerprint density at radius 1 is 1.38 bits per heavy atom. The van der Waals surface area contributed by atoms with Gasteiger partial charge in [0.05, 0.1) is 0 Å². The van der Waals surface area contributed by atoms with Crippen LogP contribution in [0.3, 0.4) is 0 Å². The molecule has 92 valence electrons. The fourth-order valence-corrected chi connectivity index (χ4v) is 4.36. The molecule has 2 rings (SSSR count). The highest BCUT2D eigenvalue weighted by atomic mass is 32.1. The van der Waals surface area contributed by atoms with Crippen LogP contribution in [0.25, 0.3) is 0 Å². The minimum absolute atomic E-state index is 0.630. The Bertz CT molecular complexity index is 288. The van der Waals surface area contributed by atoms with E-state index in [9.17, 15) is 0 Å². The van der Waals surface area contributed by atoms with Crippen molar-refractivity contribution in [2.45, 2.75) is 59.3 Å². The summed E-state index contributed by atoms with van der Waals surface area (Å²) in [6, 6.07) is 0. The number of rotatable bonds is 1. The van der Waals surface area contributed by atoms with Gasteiger partial charge in [-0.3, -0.25) is 0 Å². The van der Waals surface area contributed by atoms with Crippen molar-refractivity contribution in [1.29, 1.82) is 0 Å². The zero-order chi connectivity index (χ0) is 11.8. The zero-order valence-corrected chi connectivity index (χ0v) is 11.9. The van der Waals surface area contributed by atoms with Gasteiger partial charge in [0, 0.05) is 0 Å². The van der Waals surface area contributed by atoms with E-state index in [0.29, 0.717) is 5.41 Å².